The number of hydrogen-bond donors (Lipinski definition) is 1. The van der Waals surface area contributed by atoms with E-state index < -0.39 is 0 Å². The minimum atomic E-state index is -0.275. The number of nitrogens with zero attached hydrogens (tertiary/aromatic N) is 2. The van der Waals surface area contributed by atoms with Crippen LogP contribution in [0.5, 0.6) is 0 Å². The summed E-state index contributed by atoms with van der Waals surface area (Å²) in [7, 11) is 0. The van der Waals surface area contributed by atoms with E-state index in [1.165, 1.54) is 0 Å². The molecule has 1 aliphatic heterocycles. The second-order valence-corrected chi connectivity index (χ2v) is 7.41. The molecule has 1 saturated heterocycles. The topological polar surface area (TPSA) is 62.7 Å². The molecule has 2 aliphatic rings. The fraction of sp³-hybridized carbons (Fsp3) is 0.750. The van der Waals surface area contributed by atoms with Crippen molar-refractivity contribution in [2.75, 3.05) is 19.7 Å². The Hall–Kier alpha value is -0.980. The van der Waals surface area contributed by atoms with Crippen molar-refractivity contribution in [3.05, 3.63) is 16.1 Å². The third-order valence-electron chi connectivity index (χ3n) is 5.16. The Kier molecular flexibility index (Phi) is 4.52. The normalized spacial score (nSPS) is 27.0. The highest BCUT2D eigenvalue weighted by Crippen LogP contribution is 2.50. The van der Waals surface area contributed by atoms with E-state index in [1.54, 1.807) is 11.3 Å². The molecule has 0 bridgehead atoms. The molecule has 122 valence electrons. The van der Waals surface area contributed by atoms with Crippen molar-refractivity contribution in [2.24, 2.45) is 5.41 Å². The van der Waals surface area contributed by atoms with Crippen molar-refractivity contribution in [1.82, 2.24) is 9.88 Å². The minimum absolute atomic E-state index is 0.121. The van der Waals surface area contributed by atoms with Gasteiger partial charge in [-0.05, 0) is 26.7 Å². The molecule has 1 aromatic rings. The first kappa shape index (κ1) is 15.9. The molecule has 1 aliphatic carbocycles. The van der Waals surface area contributed by atoms with Crippen LogP contribution in [0, 0.1) is 12.3 Å². The van der Waals surface area contributed by atoms with Crippen molar-refractivity contribution in [3.63, 3.8) is 0 Å². The van der Waals surface area contributed by atoms with Crippen LogP contribution in [0.3, 0.4) is 0 Å². The second kappa shape index (κ2) is 6.26. The molecule has 1 aromatic heterocycles. The third-order valence-corrected chi connectivity index (χ3v) is 5.98. The van der Waals surface area contributed by atoms with Gasteiger partial charge in [0.1, 0.15) is 0 Å². The molecule has 2 fully saturated rings. The van der Waals surface area contributed by atoms with Crippen LogP contribution in [0.25, 0.3) is 0 Å². The number of aromatic nitrogens is 1. The van der Waals surface area contributed by atoms with Gasteiger partial charge in [-0.1, -0.05) is 0 Å². The van der Waals surface area contributed by atoms with E-state index in [9.17, 15) is 9.90 Å². The number of amides is 1. The molecule has 1 amide bonds. The quantitative estimate of drug-likeness (QED) is 0.917. The highest BCUT2D eigenvalue weighted by atomic mass is 32.1. The lowest BCUT2D eigenvalue weighted by Gasteiger charge is -2.56. The lowest BCUT2D eigenvalue weighted by atomic mass is 9.58. The summed E-state index contributed by atoms with van der Waals surface area (Å²) in [5.74, 6) is 0.141. The van der Waals surface area contributed by atoms with Gasteiger partial charge in [-0.15, -0.1) is 11.3 Å². The lowest BCUT2D eigenvalue weighted by Crippen LogP contribution is -2.62. The van der Waals surface area contributed by atoms with Crippen molar-refractivity contribution < 1.29 is 14.6 Å². The zero-order valence-electron chi connectivity index (χ0n) is 13.2. The number of hydrogen-bond acceptors (Lipinski definition) is 5. The van der Waals surface area contributed by atoms with Gasteiger partial charge >= 0.3 is 0 Å². The molecule has 1 saturated carbocycles. The highest BCUT2D eigenvalue weighted by Gasteiger charge is 2.56. The maximum Gasteiger partial charge on any atom is 0.228 e. The molecule has 2 unspecified atom stereocenters. The summed E-state index contributed by atoms with van der Waals surface area (Å²) in [6, 6.07) is 0. The van der Waals surface area contributed by atoms with Crippen molar-refractivity contribution >= 4 is 17.2 Å². The van der Waals surface area contributed by atoms with Crippen LogP contribution < -0.4 is 0 Å². The second-order valence-electron chi connectivity index (χ2n) is 6.34. The van der Waals surface area contributed by atoms with Crippen molar-refractivity contribution in [3.8, 4) is 0 Å². The highest BCUT2D eigenvalue weighted by molar-refractivity contribution is 7.09. The van der Waals surface area contributed by atoms with E-state index in [1.807, 2.05) is 24.1 Å². The Morgan fingerprint density at radius 3 is 2.82 bits per heavy atom. The predicted molar refractivity (Wildman–Crippen MR) is 84.8 cm³/mol. The Morgan fingerprint density at radius 2 is 2.27 bits per heavy atom. The molecular weight excluding hydrogens is 300 g/mol. The van der Waals surface area contributed by atoms with Crippen LogP contribution in [-0.4, -0.2) is 52.8 Å². The first-order chi connectivity index (χ1) is 10.5. The van der Waals surface area contributed by atoms with Crippen LogP contribution in [0.2, 0.25) is 0 Å². The maximum atomic E-state index is 12.4. The average molecular weight is 324 g/mol. The Bertz CT molecular complexity index is 535. The Balaban J connectivity index is 1.56. The molecule has 0 aromatic carbocycles. The number of aliphatic hydroxyl groups is 1. The molecule has 1 spiro atoms. The summed E-state index contributed by atoms with van der Waals surface area (Å²) >= 11 is 1.58. The Morgan fingerprint density at radius 1 is 1.55 bits per heavy atom. The average Bonchev–Trinajstić information content (AvgIpc) is 2.92. The van der Waals surface area contributed by atoms with Gasteiger partial charge in [-0.2, -0.15) is 0 Å². The summed E-state index contributed by atoms with van der Waals surface area (Å²) in [5, 5.41) is 13.1. The number of carbonyl (C=O) groups is 1. The van der Waals surface area contributed by atoms with Gasteiger partial charge in [-0.25, -0.2) is 4.98 Å². The summed E-state index contributed by atoms with van der Waals surface area (Å²) in [6.07, 6.45) is 2.67. The first-order valence-electron chi connectivity index (χ1n) is 8.03. The van der Waals surface area contributed by atoms with Gasteiger partial charge in [0.15, 0.2) is 0 Å². The standard InChI is InChI=1S/C16H24N2O3S/c1-3-21-14-9-13(19)16(14)4-6-18(7-5-16)15(20)8-12-10-22-11(2)17-12/h10,13-14,19H,3-9H2,1-2H3. The zero-order chi connectivity index (χ0) is 15.7. The number of aryl methyl sites for hydroxylation is 1. The summed E-state index contributed by atoms with van der Waals surface area (Å²) < 4.78 is 5.76. The van der Waals surface area contributed by atoms with E-state index in [-0.39, 0.29) is 23.5 Å². The van der Waals surface area contributed by atoms with Gasteiger partial charge in [0.25, 0.3) is 0 Å². The maximum absolute atomic E-state index is 12.4. The van der Waals surface area contributed by atoms with Gasteiger partial charge in [0.2, 0.25) is 5.91 Å². The van der Waals surface area contributed by atoms with Gasteiger partial charge in [0, 0.05) is 36.9 Å². The lowest BCUT2D eigenvalue weighted by molar-refractivity contribution is -0.210. The Labute approximate surface area is 135 Å². The predicted octanol–water partition coefficient (Wildman–Crippen LogP) is 1.77. The van der Waals surface area contributed by atoms with Crippen LogP contribution in [0.4, 0.5) is 0 Å². The van der Waals surface area contributed by atoms with E-state index in [4.69, 9.17) is 4.74 Å². The van der Waals surface area contributed by atoms with Crippen molar-refractivity contribution in [2.45, 2.75) is 51.7 Å². The SMILES string of the molecule is CCOC1CC(O)C12CCN(C(=O)Cc1csc(C)n1)CC2. The number of ether oxygens (including phenoxy) is 1. The fourth-order valence-electron chi connectivity index (χ4n) is 3.75. The van der Waals surface area contributed by atoms with Crippen molar-refractivity contribution in [1.29, 1.82) is 0 Å². The van der Waals surface area contributed by atoms with Gasteiger partial charge < -0.3 is 14.7 Å². The number of aliphatic hydroxyl groups excluding tert-OH is 1. The summed E-state index contributed by atoms with van der Waals surface area (Å²) in [6.45, 7) is 6.05. The largest absolute Gasteiger partial charge is 0.392 e. The minimum Gasteiger partial charge on any atom is -0.392 e. The third kappa shape index (κ3) is 2.79. The number of thiazole rings is 1. The monoisotopic (exact) mass is 324 g/mol. The van der Waals surface area contributed by atoms with Crippen LogP contribution in [-0.2, 0) is 16.0 Å². The fourth-order valence-corrected chi connectivity index (χ4v) is 4.36. The molecule has 2 atom stereocenters. The van der Waals surface area contributed by atoms with Gasteiger partial charge in [-0.3, -0.25) is 4.79 Å². The molecule has 2 heterocycles. The molecule has 22 heavy (non-hydrogen) atoms. The van der Waals surface area contributed by atoms with E-state index in [2.05, 4.69) is 4.98 Å². The van der Waals surface area contributed by atoms with E-state index >= 15 is 0 Å². The molecule has 0 radical (unpaired) electrons. The molecule has 1 N–H and O–H groups in total. The van der Waals surface area contributed by atoms with Crippen LogP contribution in [0.1, 0.15) is 36.9 Å². The molecule has 6 heteroatoms. The number of likely N-dealkylation sites (tertiary alicyclic amines) is 1. The molecular formula is C16H24N2O3S. The zero-order valence-corrected chi connectivity index (χ0v) is 14.1. The number of rotatable bonds is 4. The van der Waals surface area contributed by atoms with Gasteiger partial charge in [0.05, 0.1) is 29.3 Å². The first-order valence-corrected chi connectivity index (χ1v) is 8.91. The number of carbonyl (C=O) groups excluding carboxylic acids is 1. The smallest absolute Gasteiger partial charge is 0.228 e. The number of piperidine rings is 1. The molecule has 3 rings (SSSR count). The van der Waals surface area contributed by atoms with E-state index in [0.29, 0.717) is 26.1 Å². The van der Waals surface area contributed by atoms with E-state index in [0.717, 1.165) is 30.0 Å². The van der Waals surface area contributed by atoms with Crippen LogP contribution >= 0.6 is 11.3 Å². The van der Waals surface area contributed by atoms with Crippen LogP contribution in [0.15, 0.2) is 5.38 Å². The molecule has 5 nitrogen and oxygen atoms in total. The summed E-state index contributed by atoms with van der Waals surface area (Å²) in [5.41, 5.74) is 0.743. The summed E-state index contributed by atoms with van der Waals surface area (Å²) in [4.78, 5) is 18.7.